The summed E-state index contributed by atoms with van der Waals surface area (Å²) in [6, 6.07) is 5.93. The lowest BCUT2D eigenvalue weighted by Gasteiger charge is -2.11. The van der Waals surface area contributed by atoms with E-state index >= 15 is 0 Å². The van der Waals surface area contributed by atoms with Crippen molar-refractivity contribution >= 4 is 23.3 Å². The van der Waals surface area contributed by atoms with Crippen molar-refractivity contribution in [3.05, 3.63) is 70.6 Å². The fourth-order valence-corrected chi connectivity index (χ4v) is 3.22. The Morgan fingerprint density at radius 2 is 1.80 bits per heavy atom. The molecule has 180 valence electrons. The van der Waals surface area contributed by atoms with E-state index in [2.05, 4.69) is 20.3 Å². The van der Waals surface area contributed by atoms with Crippen molar-refractivity contribution in [2.45, 2.75) is 6.18 Å². The predicted octanol–water partition coefficient (Wildman–Crippen LogP) is 4.15. The molecule has 0 unspecified atom stereocenters. The van der Waals surface area contributed by atoms with Gasteiger partial charge in [0.1, 0.15) is 16.5 Å². The van der Waals surface area contributed by atoms with Crippen LogP contribution in [-0.2, 0) is 6.18 Å². The van der Waals surface area contributed by atoms with Gasteiger partial charge in [0.25, 0.3) is 5.91 Å². The van der Waals surface area contributed by atoms with Gasteiger partial charge in [-0.15, -0.1) is 10.2 Å². The molecular weight excluding hydrogens is 501 g/mol. The minimum Gasteiger partial charge on any atom is -0.453 e. The molecule has 0 spiro atoms. The third-order valence-corrected chi connectivity index (χ3v) is 4.92. The van der Waals surface area contributed by atoms with E-state index in [-0.39, 0.29) is 32.6 Å². The Balaban J connectivity index is 1.85. The van der Waals surface area contributed by atoms with Crippen LogP contribution < -0.4 is 16.2 Å². The largest absolute Gasteiger partial charge is 0.453 e. The van der Waals surface area contributed by atoms with E-state index in [1.165, 1.54) is 12.3 Å². The van der Waals surface area contributed by atoms with Crippen molar-refractivity contribution in [1.29, 1.82) is 0 Å². The number of benzene rings is 1. The molecule has 0 saturated heterocycles. The fourth-order valence-electron chi connectivity index (χ4n) is 3.07. The number of carbonyl (C=O) groups excluding carboxylic acids is 1. The number of nitrogens with two attached hydrogens (primary N) is 2. The van der Waals surface area contributed by atoms with E-state index < -0.39 is 46.6 Å². The average Bonchev–Trinajstić information content (AvgIpc) is 3.20. The number of hydrogen-bond acceptors (Lipinski definition) is 7. The van der Waals surface area contributed by atoms with Crippen molar-refractivity contribution in [3.63, 3.8) is 0 Å². The van der Waals surface area contributed by atoms with Gasteiger partial charge in [0.2, 0.25) is 5.95 Å². The highest BCUT2D eigenvalue weighted by Gasteiger charge is 2.43. The molecule has 1 aromatic carbocycles. The second-order valence-electron chi connectivity index (χ2n) is 6.82. The normalized spacial score (nSPS) is 11.5. The van der Waals surface area contributed by atoms with Gasteiger partial charge in [0, 0.05) is 17.8 Å². The Bertz CT molecular complexity index is 1440. The van der Waals surface area contributed by atoms with E-state index in [1.54, 1.807) is 0 Å². The maximum atomic E-state index is 14.8. The quantitative estimate of drug-likeness (QED) is 0.384. The highest BCUT2D eigenvalue weighted by Crippen LogP contribution is 2.39. The molecular formula is C20H11ClF5N7O2. The smallest absolute Gasteiger partial charge is 0.434 e. The number of aromatic nitrogens is 5. The van der Waals surface area contributed by atoms with Gasteiger partial charge in [-0.3, -0.25) is 4.79 Å². The van der Waals surface area contributed by atoms with Crippen LogP contribution in [0.3, 0.4) is 0 Å². The second-order valence-corrected chi connectivity index (χ2v) is 7.19. The van der Waals surface area contributed by atoms with E-state index in [0.717, 1.165) is 30.3 Å². The highest BCUT2D eigenvalue weighted by molar-refractivity contribution is 6.34. The first kappa shape index (κ1) is 23.8. The topological polar surface area (TPSA) is 135 Å². The monoisotopic (exact) mass is 511 g/mol. The average molecular weight is 512 g/mol. The summed E-state index contributed by atoms with van der Waals surface area (Å²) in [5, 5.41) is 10.1. The summed E-state index contributed by atoms with van der Waals surface area (Å²) in [7, 11) is 0. The van der Waals surface area contributed by atoms with E-state index in [1.807, 2.05) is 0 Å². The number of pyridine rings is 1. The maximum Gasteiger partial charge on any atom is 0.434 e. The lowest BCUT2D eigenvalue weighted by atomic mass is 10.0. The molecule has 1 amide bonds. The Hall–Kier alpha value is -4.33. The van der Waals surface area contributed by atoms with Gasteiger partial charge in [-0.2, -0.15) is 22.7 Å². The number of anilines is 1. The first-order chi connectivity index (χ1) is 16.5. The van der Waals surface area contributed by atoms with Crippen LogP contribution in [0.15, 0.2) is 42.6 Å². The Morgan fingerprint density at radius 1 is 1.06 bits per heavy atom. The number of amides is 1. The molecule has 4 N–H and O–H groups in total. The van der Waals surface area contributed by atoms with Gasteiger partial charge in [-0.25, -0.2) is 14.1 Å². The molecule has 0 fully saturated rings. The van der Waals surface area contributed by atoms with Gasteiger partial charge in [-0.05, 0) is 30.3 Å². The van der Waals surface area contributed by atoms with E-state index in [0.29, 0.717) is 0 Å². The number of primary amides is 1. The molecule has 0 radical (unpaired) electrons. The van der Waals surface area contributed by atoms with Crippen LogP contribution in [0.2, 0.25) is 5.02 Å². The zero-order chi connectivity index (χ0) is 25.5. The Morgan fingerprint density at radius 3 is 2.40 bits per heavy atom. The maximum absolute atomic E-state index is 14.8. The second kappa shape index (κ2) is 8.79. The van der Waals surface area contributed by atoms with E-state index in [9.17, 15) is 26.7 Å². The molecule has 4 rings (SSSR count). The number of carbonyl (C=O) groups is 1. The van der Waals surface area contributed by atoms with E-state index in [4.69, 9.17) is 27.8 Å². The van der Waals surface area contributed by atoms with Crippen molar-refractivity contribution in [1.82, 2.24) is 25.0 Å². The third-order valence-electron chi connectivity index (χ3n) is 4.54. The first-order valence-electron chi connectivity index (χ1n) is 9.34. The van der Waals surface area contributed by atoms with Gasteiger partial charge in [-0.1, -0.05) is 11.6 Å². The zero-order valence-electron chi connectivity index (χ0n) is 17.0. The molecule has 3 heterocycles. The summed E-state index contributed by atoms with van der Waals surface area (Å²) in [6.45, 7) is 0. The van der Waals surface area contributed by atoms with Crippen LogP contribution in [0, 0.1) is 11.8 Å². The number of halogens is 6. The Labute approximate surface area is 197 Å². The predicted molar refractivity (Wildman–Crippen MR) is 112 cm³/mol. The molecule has 0 saturated carbocycles. The molecule has 15 heteroatoms. The molecule has 0 aliphatic rings. The standard InChI is InChI=1S/C20H11ClF5N7O2/c21-15-11(5-6-29-18(15)27)35-10-2-1-8(7-9(10)22)16-14(19(28)34)17(20(24,25)26)33(32-16)13-4-3-12(23)30-31-13/h1-7H,(H2,27,29)(H2,28,34). The van der Waals surface area contributed by atoms with Crippen LogP contribution in [-0.4, -0.2) is 30.9 Å². The number of rotatable bonds is 5. The fraction of sp³-hybridized carbons (Fsp3) is 0.0500. The highest BCUT2D eigenvalue weighted by atomic mass is 35.5. The lowest BCUT2D eigenvalue weighted by molar-refractivity contribution is -0.143. The summed E-state index contributed by atoms with van der Waals surface area (Å²) in [6.07, 6.45) is -3.88. The molecule has 3 aromatic heterocycles. The SMILES string of the molecule is NC(=O)c1c(-c2ccc(Oc3ccnc(N)c3Cl)c(F)c2)nn(-c2ccc(F)nn2)c1C(F)(F)F. The minimum absolute atomic E-state index is 0.0258. The summed E-state index contributed by atoms with van der Waals surface area (Å²) in [5.41, 5.74) is 7.30. The van der Waals surface area contributed by atoms with Crippen LogP contribution in [0.5, 0.6) is 11.5 Å². The summed E-state index contributed by atoms with van der Waals surface area (Å²) in [4.78, 5) is 15.8. The summed E-state index contributed by atoms with van der Waals surface area (Å²) < 4.78 is 75.3. The first-order valence-corrected chi connectivity index (χ1v) is 9.72. The number of hydrogen-bond donors (Lipinski definition) is 2. The molecule has 0 atom stereocenters. The van der Waals surface area contributed by atoms with Crippen LogP contribution in [0.1, 0.15) is 16.1 Å². The van der Waals surface area contributed by atoms with Crippen LogP contribution in [0.4, 0.5) is 27.8 Å². The number of nitrogen functional groups attached to an aromatic ring is 1. The van der Waals surface area contributed by atoms with Crippen LogP contribution >= 0.6 is 11.6 Å². The van der Waals surface area contributed by atoms with Gasteiger partial charge in [0.15, 0.2) is 28.8 Å². The Kier molecular flexibility index (Phi) is 5.98. The number of nitrogens with zero attached hydrogens (tertiary/aromatic N) is 5. The molecule has 9 nitrogen and oxygen atoms in total. The van der Waals surface area contributed by atoms with Crippen molar-refractivity contribution in [3.8, 4) is 28.6 Å². The molecule has 0 bridgehead atoms. The summed E-state index contributed by atoms with van der Waals surface area (Å²) >= 11 is 5.97. The lowest BCUT2D eigenvalue weighted by Crippen LogP contribution is -2.21. The molecule has 0 aliphatic carbocycles. The van der Waals surface area contributed by atoms with Crippen molar-refractivity contribution in [2.75, 3.05) is 5.73 Å². The number of ether oxygens (including phenoxy) is 1. The van der Waals surface area contributed by atoms with Gasteiger partial charge >= 0.3 is 6.18 Å². The van der Waals surface area contributed by atoms with Crippen molar-refractivity contribution in [2.24, 2.45) is 5.73 Å². The number of alkyl halides is 3. The molecule has 35 heavy (non-hydrogen) atoms. The van der Waals surface area contributed by atoms with Gasteiger partial charge in [0.05, 0.1) is 5.56 Å². The molecule has 0 aliphatic heterocycles. The van der Waals surface area contributed by atoms with Crippen molar-refractivity contribution < 1.29 is 31.5 Å². The minimum atomic E-state index is -5.15. The summed E-state index contributed by atoms with van der Waals surface area (Å²) in [5.74, 6) is -4.59. The van der Waals surface area contributed by atoms with Crippen LogP contribution in [0.25, 0.3) is 17.1 Å². The van der Waals surface area contributed by atoms with Gasteiger partial charge < -0.3 is 16.2 Å². The zero-order valence-corrected chi connectivity index (χ0v) is 17.8. The third kappa shape index (κ3) is 4.55. The molecule has 4 aromatic rings.